The number of benzene rings is 1. The Hall–Kier alpha value is -2.86. The lowest BCUT2D eigenvalue weighted by Gasteiger charge is -2.37. The molecule has 2 fully saturated rings. The zero-order valence-corrected chi connectivity index (χ0v) is 20.4. The van der Waals surface area contributed by atoms with Crippen LogP contribution >= 0.6 is 12.2 Å². The number of aromatic nitrogens is 2. The molecule has 6 heteroatoms. The van der Waals surface area contributed by atoms with Crippen molar-refractivity contribution in [3.63, 3.8) is 0 Å². The second-order valence-electron chi connectivity index (χ2n) is 9.19. The standard InChI is InChI=1S/C27H32N4OS/c1-18-16-23(19(2)30(18)21-12-9-13-22(17-21)32-3)26-25(24-14-7-8-15-28-24)29-27(33)31(26)20-10-5-4-6-11-20/h7-9,12-17,20,25-26H,4-6,10-11H2,1-3H3,(H,29,33)/t25-,26-/m0/s1. The highest BCUT2D eigenvalue weighted by Gasteiger charge is 2.44. The third-order valence-corrected chi connectivity index (χ3v) is 7.53. The predicted octanol–water partition coefficient (Wildman–Crippen LogP) is 5.80. The monoisotopic (exact) mass is 460 g/mol. The van der Waals surface area contributed by atoms with Gasteiger partial charge in [-0.1, -0.05) is 31.4 Å². The number of pyridine rings is 1. The molecule has 1 aliphatic carbocycles. The zero-order valence-electron chi connectivity index (χ0n) is 19.6. The topological polar surface area (TPSA) is 42.3 Å². The fourth-order valence-corrected chi connectivity index (χ4v) is 6.07. The summed E-state index contributed by atoms with van der Waals surface area (Å²) in [5.74, 6) is 0.862. The van der Waals surface area contributed by atoms with E-state index in [0.717, 1.165) is 22.2 Å². The highest BCUT2D eigenvalue weighted by molar-refractivity contribution is 7.80. The smallest absolute Gasteiger partial charge is 0.170 e. The third-order valence-electron chi connectivity index (χ3n) is 7.20. The summed E-state index contributed by atoms with van der Waals surface area (Å²) in [6.45, 7) is 4.40. The number of hydrogen-bond donors (Lipinski definition) is 1. The molecule has 0 spiro atoms. The number of hydrogen-bond acceptors (Lipinski definition) is 3. The molecule has 0 radical (unpaired) electrons. The number of nitrogens with one attached hydrogen (secondary N) is 1. The van der Waals surface area contributed by atoms with E-state index in [0.29, 0.717) is 6.04 Å². The van der Waals surface area contributed by atoms with Crippen molar-refractivity contribution in [1.82, 2.24) is 19.8 Å². The minimum Gasteiger partial charge on any atom is -0.497 e. The number of aryl methyl sites for hydroxylation is 1. The summed E-state index contributed by atoms with van der Waals surface area (Å²) in [6.07, 6.45) is 8.13. The lowest BCUT2D eigenvalue weighted by molar-refractivity contribution is 0.197. The normalized spacial score (nSPS) is 21.3. The Bertz CT molecular complexity index is 1140. The molecular weight excluding hydrogens is 428 g/mol. The SMILES string of the molecule is COc1cccc(-n2c(C)cc([C@H]3[C@H](c4ccccn4)NC(=S)N3C3CCCCC3)c2C)c1. The summed E-state index contributed by atoms with van der Waals surface area (Å²) in [4.78, 5) is 7.21. The average Bonchev–Trinajstić information content (AvgIpc) is 3.35. The lowest BCUT2D eigenvalue weighted by Crippen LogP contribution is -2.40. The summed E-state index contributed by atoms with van der Waals surface area (Å²) in [5, 5.41) is 4.50. The minimum absolute atomic E-state index is 0.0277. The van der Waals surface area contributed by atoms with E-state index < -0.39 is 0 Å². The van der Waals surface area contributed by atoms with Gasteiger partial charge in [-0.2, -0.15) is 0 Å². The maximum atomic E-state index is 5.95. The first kappa shape index (κ1) is 22.0. The van der Waals surface area contributed by atoms with E-state index in [-0.39, 0.29) is 12.1 Å². The number of methoxy groups -OCH3 is 1. The van der Waals surface area contributed by atoms with Gasteiger partial charge in [-0.25, -0.2) is 0 Å². The quantitative estimate of drug-likeness (QED) is 0.487. The van der Waals surface area contributed by atoms with E-state index in [4.69, 9.17) is 21.9 Å². The van der Waals surface area contributed by atoms with Crippen LogP contribution < -0.4 is 10.1 Å². The number of thiocarbonyl (C=S) groups is 1. The number of ether oxygens (including phenoxy) is 1. The van der Waals surface area contributed by atoms with Crippen LogP contribution in [0.3, 0.4) is 0 Å². The van der Waals surface area contributed by atoms with Gasteiger partial charge >= 0.3 is 0 Å². The van der Waals surface area contributed by atoms with Crippen molar-refractivity contribution in [3.05, 3.63) is 77.4 Å². The van der Waals surface area contributed by atoms with Gasteiger partial charge in [0.2, 0.25) is 0 Å². The van der Waals surface area contributed by atoms with Gasteiger partial charge in [-0.3, -0.25) is 4.98 Å². The minimum atomic E-state index is 0.0277. The van der Waals surface area contributed by atoms with Gasteiger partial charge in [-0.05, 0) is 74.8 Å². The van der Waals surface area contributed by atoms with E-state index in [9.17, 15) is 0 Å². The first-order chi connectivity index (χ1) is 16.1. The second-order valence-corrected chi connectivity index (χ2v) is 9.58. The Morgan fingerprint density at radius 3 is 2.58 bits per heavy atom. The molecule has 1 N–H and O–H groups in total. The van der Waals surface area contributed by atoms with Gasteiger partial charge < -0.3 is 19.5 Å². The van der Waals surface area contributed by atoms with Crippen LogP contribution in [0.1, 0.15) is 66.8 Å². The lowest BCUT2D eigenvalue weighted by atomic mass is 9.90. The summed E-state index contributed by atoms with van der Waals surface area (Å²) < 4.78 is 7.82. The maximum absolute atomic E-state index is 5.95. The van der Waals surface area contributed by atoms with Crippen molar-refractivity contribution in [2.75, 3.05) is 7.11 Å². The molecule has 1 saturated heterocycles. The highest BCUT2D eigenvalue weighted by atomic mass is 32.1. The zero-order chi connectivity index (χ0) is 22.9. The maximum Gasteiger partial charge on any atom is 0.170 e. The van der Waals surface area contributed by atoms with E-state index in [1.807, 2.05) is 24.4 Å². The van der Waals surface area contributed by atoms with Crippen LogP contribution in [0, 0.1) is 13.8 Å². The molecule has 2 aliphatic rings. The fraction of sp³-hybridized carbons (Fsp3) is 0.407. The fourth-order valence-electron chi connectivity index (χ4n) is 5.68. The van der Waals surface area contributed by atoms with E-state index >= 15 is 0 Å². The Balaban J connectivity index is 1.62. The highest BCUT2D eigenvalue weighted by Crippen LogP contribution is 2.44. The van der Waals surface area contributed by atoms with Crippen LogP contribution in [-0.2, 0) is 0 Å². The molecule has 0 unspecified atom stereocenters. The molecule has 3 aromatic rings. The van der Waals surface area contributed by atoms with Gasteiger partial charge in [0.15, 0.2) is 5.11 Å². The van der Waals surface area contributed by atoms with Gasteiger partial charge in [0, 0.05) is 35.4 Å². The molecule has 1 aliphatic heterocycles. The van der Waals surface area contributed by atoms with Gasteiger partial charge in [0.25, 0.3) is 0 Å². The number of rotatable bonds is 5. The van der Waals surface area contributed by atoms with Crippen molar-refractivity contribution in [2.45, 2.75) is 64.1 Å². The van der Waals surface area contributed by atoms with Crippen molar-refractivity contribution in [2.24, 2.45) is 0 Å². The molecular formula is C27H32N4OS. The molecule has 2 aromatic heterocycles. The van der Waals surface area contributed by atoms with Gasteiger partial charge in [0.05, 0.1) is 24.9 Å². The van der Waals surface area contributed by atoms with Crippen molar-refractivity contribution >= 4 is 17.3 Å². The molecule has 0 bridgehead atoms. The van der Waals surface area contributed by atoms with Crippen LogP contribution in [0.4, 0.5) is 0 Å². The van der Waals surface area contributed by atoms with Gasteiger partial charge in [0.1, 0.15) is 5.75 Å². The molecule has 172 valence electrons. The van der Waals surface area contributed by atoms with Gasteiger partial charge in [-0.15, -0.1) is 0 Å². The molecule has 0 amide bonds. The van der Waals surface area contributed by atoms with Crippen LogP contribution in [0.25, 0.3) is 5.69 Å². The predicted molar refractivity (Wildman–Crippen MR) is 136 cm³/mol. The molecule has 5 rings (SSSR count). The molecule has 3 heterocycles. The number of nitrogens with zero attached hydrogens (tertiary/aromatic N) is 3. The Morgan fingerprint density at radius 2 is 1.85 bits per heavy atom. The van der Waals surface area contributed by atoms with E-state index in [1.165, 1.54) is 49.1 Å². The van der Waals surface area contributed by atoms with Crippen LogP contribution in [-0.4, -0.2) is 32.7 Å². The largest absolute Gasteiger partial charge is 0.497 e. The van der Waals surface area contributed by atoms with Crippen LogP contribution in [0.5, 0.6) is 5.75 Å². The van der Waals surface area contributed by atoms with Crippen molar-refractivity contribution < 1.29 is 4.74 Å². The summed E-state index contributed by atoms with van der Waals surface area (Å²) >= 11 is 5.95. The molecule has 1 aromatic carbocycles. The molecule has 2 atom stereocenters. The van der Waals surface area contributed by atoms with Crippen LogP contribution in [0.2, 0.25) is 0 Å². The van der Waals surface area contributed by atoms with E-state index in [2.05, 4.69) is 59.0 Å². The van der Waals surface area contributed by atoms with Crippen LogP contribution in [0.15, 0.2) is 54.7 Å². The molecule has 33 heavy (non-hydrogen) atoms. The Labute approximate surface area is 201 Å². The molecule has 5 nitrogen and oxygen atoms in total. The third kappa shape index (κ3) is 4.01. The Morgan fingerprint density at radius 1 is 1.03 bits per heavy atom. The van der Waals surface area contributed by atoms with Crippen molar-refractivity contribution in [1.29, 1.82) is 0 Å². The Kier molecular flexibility index (Phi) is 6.11. The summed E-state index contributed by atoms with van der Waals surface area (Å²) in [6, 6.07) is 17.4. The summed E-state index contributed by atoms with van der Waals surface area (Å²) in [7, 11) is 1.71. The second kappa shape index (κ2) is 9.18. The first-order valence-electron chi connectivity index (χ1n) is 11.9. The van der Waals surface area contributed by atoms with Crippen molar-refractivity contribution in [3.8, 4) is 11.4 Å². The average molecular weight is 461 g/mol. The molecule has 1 saturated carbocycles. The summed E-state index contributed by atoms with van der Waals surface area (Å²) in [5.41, 5.74) is 5.90. The first-order valence-corrected chi connectivity index (χ1v) is 12.3. The van der Waals surface area contributed by atoms with E-state index in [1.54, 1.807) is 7.11 Å².